The van der Waals surface area contributed by atoms with E-state index in [2.05, 4.69) is 88.6 Å². The Balaban J connectivity index is 1.56. The topological polar surface area (TPSA) is 70.7 Å². The molecular formula is C29H24N4OS. The number of hydrogen-bond acceptors (Lipinski definition) is 4. The second-order valence-electron chi connectivity index (χ2n) is 8.09. The average Bonchev–Trinajstić information content (AvgIpc) is 3.59. The third kappa shape index (κ3) is 4.69. The van der Waals surface area contributed by atoms with Gasteiger partial charge in [-0.2, -0.15) is 5.10 Å². The maximum Gasteiger partial charge on any atom is 0.257 e. The average molecular weight is 477 g/mol. The molecule has 3 aromatic carbocycles. The Labute approximate surface area is 207 Å². The maximum absolute atomic E-state index is 12.6. The molecule has 0 bridgehead atoms. The van der Waals surface area contributed by atoms with Crippen LogP contribution in [0.3, 0.4) is 0 Å². The zero-order valence-corrected chi connectivity index (χ0v) is 20.1. The smallest absolute Gasteiger partial charge is 0.257 e. The van der Waals surface area contributed by atoms with Gasteiger partial charge in [-0.15, -0.1) is 11.3 Å². The van der Waals surface area contributed by atoms with Crippen molar-refractivity contribution in [3.05, 3.63) is 119 Å². The highest BCUT2D eigenvalue weighted by Crippen LogP contribution is 2.36. The SMILES string of the molecule is C=C(C(=O)Nc1nccs1)c1ccc(/C(=C(/CC)c2ccccc2)c2ccc3[nH]ncc3c2)cc1. The molecule has 1 amide bonds. The number of H-pyrrole nitrogens is 1. The molecule has 172 valence electrons. The quantitative estimate of drug-likeness (QED) is 0.195. The third-order valence-electron chi connectivity index (χ3n) is 5.96. The van der Waals surface area contributed by atoms with Crippen molar-refractivity contribution < 1.29 is 4.79 Å². The van der Waals surface area contributed by atoms with Crippen LogP contribution in [0.5, 0.6) is 0 Å². The van der Waals surface area contributed by atoms with Gasteiger partial charge in [0.2, 0.25) is 0 Å². The Kier molecular flexibility index (Phi) is 6.37. The van der Waals surface area contributed by atoms with Crippen LogP contribution in [0.15, 0.2) is 97.1 Å². The number of allylic oxidation sites excluding steroid dienone is 1. The van der Waals surface area contributed by atoms with E-state index in [4.69, 9.17) is 0 Å². The van der Waals surface area contributed by atoms with E-state index in [9.17, 15) is 4.79 Å². The first-order valence-electron chi connectivity index (χ1n) is 11.4. The number of nitrogens with one attached hydrogen (secondary N) is 2. The van der Waals surface area contributed by atoms with Gasteiger partial charge in [0.25, 0.3) is 5.91 Å². The van der Waals surface area contributed by atoms with E-state index in [1.807, 2.05) is 29.8 Å². The van der Waals surface area contributed by atoms with Crippen molar-refractivity contribution in [2.45, 2.75) is 13.3 Å². The van der Waals surface area contributed by atoms with Gasteiger partial charge in [-0.05, 0) is 52.0 Å². The van der Waals surface area contributed by atoms with E-state index in [0.29, 0.717) is 10.7 Å². The van der Waals surface area contributed by atoms with Crippen LogP contribution in [0, 0.1) is 0 Å². The van der Waals surface area contributed by atoms with Crippen molar-refractivity contribution in [1.82, 2.24) is 15.2 Å². The lowest BCUT2D eigenvalue weighted by atomic mass is 9.87. The lowest BCUT2D eigenvalue weighted by Gasteiger charge is -2.17. The molecule has 0 radical (unpaired) electrons. The van der Waals surface area contributed by atoms with Crippen molar-refractivity contribution >= 4 is 50.0 Å². The van der Waals surface area contributed by atoms with E-state index < -0.39 is 0 Å². The number of amides is 1. The fraction of sp³-hybridized carbons (Fsp3) is 0.0690. The molecule has 0 fully saturated rings. The molecule has 35 heavy (non-hydrogen) atoms. The van der Waals surface area contributed by atoms with Crippen LogP contribution < -0.4 is 5.32 Å². The van der Waals surface area contributed by atoms with E-state index in [1.54, 1.807) is 6.20 Å². The molecule has 5 aromatic rings. The number of nitrogens with zero attached hydrogens (tertiary/aromatic N) is 2. The lowest BCUT2D eigenvalue weighted by Crippen LogP contribution is -2.12. The number of anilines is 1. The Morgan fingerprint density at radius 1 is 0.971 bits per heavy atom. The molecule has 5 nitrogen and oxygen atoms in total. The summed E-state index contributed by atoms with van der Waals surface area (Å²) < 4.78 is 0. The molecule has 2 heterocycles. The fourth-order valence-corrected chi connectivity index (χ4v) is 4.73. The Bertz CT molecular complexity index is 1510. The Hall–Kier alpha value is -4.29. The van der Waals surface area contributed by atoms with Crippen LogP contribution in [-0.4, -0.2) is 21.1 Å². The third-order valence-corrected chi connectivity index (χ3v) is 6.64. The monoisotopic (exact) mass is 476 g/mol. The number of rotatable bonds is 7. The summed E-state index contributed by atoms with van der Waals surface area (Å²) in [5, 5.41) is 13.4. The highest BCUT2D eigenvalue weighted by atomic mass is 32.1. The van der Waals surface area contributed by atoms with Crippen molar-refractivity contribution in [2.75, 3.05) is 5.32 Å². The molecule has 0 saturated heterocycles. The predicted molar refractivity (Wildman–Crippen MR) is 145 cm³/mol. The van der Waals surface area contributed by atoms with Gasteiger partial charge in [0.1, 0.15) is 0 Å². The van der Waals surface area contributed by atoms with Gasteiger partial charge in [-0.25, -0.2) is 4.98 Å². The van der Waals surface area contributed by atoms with Gasteiger partial charge >= 0.3 is 0 Å². The molecule has 5 rings (SSSR count). The van der Waals surface area contributed by atoms with Crippen molar-refractivity contribution in [3.63, 3.8) is 0 Å². The predicted octanol–water partition coefficient (Wildman–Crippen LogP) is 7.04. The number of carbonyl (C=O) groups is 1. The lowest BCUT2D eigenvalue weighted by molar-refractivity contribution is -0.111. The summed E-state index contributed by atoms with van der Waals surface area (Å²) >= 11 is 1.38. The zero-order chi connectivity index (χ0) is 24.2. The minimum absolute atomic E-state index is 0.257. The van der Waals surface area contributed by atoms with Crippen molar-refractivity contribution in [3.8, 4) is 0 Å². The van der Waals surface area contributed by atoms with E-state index in [1.165, 1.54) is 22.5 Å². The molecular weight excluding hydrogens is 452 g/mol. The van der Waals surface area contributed by atoms with Crippen LogP contribution in [0.1, 0.15) is 35.6 Å². The van der Waals surface area contributed by atoms with Crippen LogP contribution in [0.25, 0.3) is 27.6 Å². The molecule has 0 saturated carbocycles. The first kappa shape index (κ1) is 22.5. The molecule has 2 N–H and O–H groups in total. The van der Waals surface area contributed by atoms with Crippen molar-refractivity contribution in [1.29, 1.82) is 0 Å². The number of thiazole rings is 1. The van der Waals surface area contributed by atoms with Crippen molar-refractivity contribution in [2.24, 2.45) is 0 Å². The summed E-state index contributed by atoms with van der Waals surface area (Å²) in [4.78, 5) is 16.7. The second-order valence-corrected chi connectivity index (χ2v) is 8.99. The Morgan fingerprint density at radius 3 is 2.43 bits per heavy atom. The summed E-state index contributed by atoms with van der Waals surface area (Å²) in [7, 11) is 0. The molecule has 0 atom stereocenters. The van der Waals surface area contributed by atoms with Crippen LogP contribution in [0.4, 0.5) is 5.13 Å². The number of aromatic amines is 1. The largest absolute Gasteiger partial charge is 0.298 e. The summed E-state index contributed by atoms with van der Waals surface area (Å²) in [6.07, 6.45) is 4.37. The summed E-state index contributed by atoms with van der Waals surface area (Å²) in [6.45, 7) is 6.19. The summed E-state index contributed by atoms with van der Waals surface area (Å²) in [5.74, 6) is -0.257. The standard InChI is InChI=1S/C29H24N4OS/c1-3-25(21-7-5-4-6-8-21)27(23-13-14-26-24(17-23)18-31-33-26)22-11-9-20(10-12-22)19(2)28(34)32-29-30-15-16-35-29/h4-18H,2-3H2,1H3,(H,31,33)(H,30,32,34)/b27-25+. The molecule has 6 heteroatoms. The van der Waals surface area contributed by atoms with Gasteiger partial charge in [-0.1, -0.05) is 74.2 Å². The molecule has 0 aliphatic rings. The van der Waals surface area contributed by atoms with Gasteiger partial charge in [0.05, 0.1) is 11.7 Å². The van der Waals surface area contributed by atoms with E-state index >= 15 is 0 Å². The molecule has 0 unspecified atom stereocenters. The first-order chi connectivity index (χ1) is 17.1. The number of fused-ring (bicyclic) bond motifs is 1. The zero-order valence-electron chi connectivity index (χ0n) is 19.3. The highest BCUT2D eigenvalue weighted by molar-refractivity contribution is 7.13. The minimum atomic E-state index is -0.257. The van der Waals surface area contributed by atoms with Crippen LogP contribution in [0.2, 0.25) is 0 Å². The van der Waals surface area contributed by atoms with Gasteiger partial charge in [-0.3, -0.25) is 15.2 Å². The molecule has 2 aromatic heterocycles. The van der Waals surface area contributed by atoms with E-state index in [-0.39, 0.29) is 5.91 Å². The molecule has 0 spiro atoms. The minimum Gasteiger partial charge on any atom is -0.298 e. The normalized spacial score (nSPS) is 11.8. The van der Waals surface area contributed by atoms with Gasteiger partial charge in [0, 0.05) is 22.5 Å². The van der Waals surface area contributed by atoms with E-state index in [0.717, 1.165) is 39.6 Å². The van der Waals surface area contributed by atoms with Gasteiger partial charge < -0.3 is 0 Å². The van der Waals surface area contributed by atoms with Gasteiger partial charge in [0.15, 0.2) is 5.13 Å². The Morgan fingerprint density at radius 2 is 1.71 bits per heavy atom. The van der Waals surface area contributed by atoms with Crippen LogP contribution in [-0.2, 0) is 4.79 Å². The number of aromatic nitrogens is 3. The summed E-state index contributed by atoms with van der Waals surface area (Å²) in [6, 6.07) is 24.8. The highest BCUT2D eigenvalue weighted by Gasteiger charge is 2.16. The van der Waals surface area contributed by atoms with Crippen LogP contribution >= 0.6 is 11.3 Å². The number of hydrogen-bond donors (Lipinski definition) is 2. The fourth-order valence-electron chi connectivity index (χ4n) is 4.20. The summed E-state index contributed by atoms with van der Waals surface area (Å²) in [5.41, 5.74) is 7.96. The molecule has 0 aliphatic heterocycles. The molecule has 0 aliphatic carbocycles. The number of carbonyl (C=O) groups excluding carboxylic acids is 1. The second kappa shape index (κ2) is 9.91. The number of benzene rings is 3. The maximum atomic E-state index is 12.6. The first-order valence-corrected chi connectivity index (χ1v) is 12.2.